The molecule has 7 heteroatoms. The summed E-state index contributed by atoms with van der Waals surface area (Å²) in [7, 11) is -2.66. The van der Waals surface area contributed by atoms with Crippen molar-refractivity contribution in [3.63, 3.8) is 0 Å². The van der Waals surface area contributed by atoms with Crippen molar-refractivity contribution in [2.45, 2.75) is 17.9 Å². The Morgan fingerprint density at radius 3 is 2.63 bits per heavy atom. The van der Waals surface area contributed by atoms with E-state index < -0.39 is 22.0 Å². The molecule has 0 aliphatic carbocycles. The number of aromatic carboxylic acids is 1. The highest BCUT2D eigenvalue weighted by Gasteiger charge is 2.22. The van der Waals surface area contributed by atoms with E-state index in [1.54, 1.807) is 0 Å². The predicted octanol–water partition coefficient (Wildman–Crippen LogP) is 0.693. The molecule has 1 unspecified atom stereocenters. The van der Waals surface area contributed by atoms with Gasteiger partial charge in [-0.1, -0.05) is 5.92 Å². The van der Waals surface area contributed by atoms with Crippen LogP contribution in [0.3, 0.4) is 0 Å². The highest BCUT2D eigenvalue weighted by molar-refractivity contribution is 7.89. The van der Waals surface area contributed by atoms with E-state index in [0.717, 1.165) is 6.07 Å². The lowest BCUT2D eigenvalue weighted by atomic mass is 10.2. The summed E-state index contributed by atoms with van der Waals surface area (Å²) in [5.74, 6) is 1.03. The van der Waals surface area contributed by atoms with E-state index >= 15 is 0 Å². The summed E-state index contributed by atoms with van der Waals surface area (Å²) >= 11 is 0. The van der Waals surface area contributed by atoms with Crippen molar-refractivity contribution in [3.8, 4) is 18.1 Å². The van der Waals surface area contributed by atoms with Crippen molar-refractivity contribution in [1.82, 2.24) is 4.72 Å². The molecule has 0 aliphatic heterocycles. The van der Waals surface area contributed by atoms with Gasteiger partial charge in [-0.15, -0.1) is 6.42 Å². The molecule has 1 aromatic carbocycles. The molecule has 0 saturated heterocycles. The molecule has 2 N–H and O–H groups in total. The van der Waals surface area contributed by atoms with Crippen molar-refractivity contribution in [1.29, 1.82) is 0 Å². The molecule has 0 saturated carbocycles. The molecule has 0 radical (unpaired) electrons. The van der Waals surface area contributed by atoms with Crippen LogP contribution >= 0.6 is 0 Å². The number of hydrogen-bond donors (Lipinski definition) is 2. The van der Waals surface area contributed by atoms with Crippen LogP contribution in [0.4, 0.5) is 0 Å². The molecule has 19 heavy (non-hydrogen) atoms. The van der Waals surface area contributed by atoms with Crippen LogP contribution in [0.2, 0.25) is 0 Å². The number of sulfonamides is 1. The maximum Gasteiger partial charge on any atom is 0.335 e. The molecule has 0 amide bonds. The average molecular weight is 283 g/mol. The molecule has 1 atom stereocenters. The Kier molecular flexibility index (Phi) is 4.53. The van der Waals surface area contributed by atoms with Crippen molar-refractivity contribution >= 4 is 16.0 Å². The lowest BCUT2D eigenvalue weighted by molar-refractivity contribution is 0.0696. The third-order valence-corrected chi connectivity index (χ3v) is 3.84. The van der Waals surface area contributed by atoms with Gasteiger partial charge in [0.05, 0.1) is 18.7 Å². The van der Waals surface area contributed by atoms with Gasteiger partial charge in [-0.2, -0.15) is 4.72 Å². The van der Waals surface area contributed by atoms with Gasteiger partial charge in [0.1, 0.15) is 10.6 Å². The molecule has 1 rings (SSSR count). The molecule has 0 aromatic heterocycles. The highest BCUT2D eigenvalue weighted by Crippen LogP contribution is 2.25. The Bertz CT molecular complexity index is 630. The van der Waals surface area contributed by atoms with Crippen LogP contribution in [0.1, 0.15) is 17.3 Å². The van der Waals surface area contributed by atoms with Gasteiger partial charge < -0.3 is 9.84 Å². The summed E-state index contributed by atoms with van der Waals surface area (Å²) in [6, 6.07) is 2.83. The van der Waals surface area contributed by atoms with Crippen LogP contribution in [0.5, 0.6) is 5.75 Å². The Morgan fingerprint density at radius 2 is 2.16 bits per heavy atom. The van der Waals surface area contributed by atoms with E-state index in [2.05, 4.69) is 10.6 Å². The van der Waals surface area contributed by atoms with Crippen molar-refractivity contribution in [2.75, 3.05) is 7.11 Å². The first kappa shape index (κ1) is 15.0. The van der Waals surface area contributed by atoms with Crippen LogP contribution in [0, 0.1) is 12.3 Å². The summed E-state index contributed by atoms with van der Waals surface area (Å²) in [6.07, 6.45) is 5.10. The number of hydrogen-bond acceptors (Lipinski definition) is 4. The zero-order valence-electron chi connectivity index (χ0n) is 10.4. The molecule has 0 heterocycles. The molecule has 0 bridgehead atoms. The average Bonchev–Trinajstić information content (AvgIpc) is 2.37. The van der Waals surface area contributed by atoms with Crippen LogP contribution < -0.4 is 9.46 Å². The topological polar surface area (TPSA) is 92.7 Å². The smallest absolute Gasteiger partial charge is 0.335 e. The maximum absolute atomic E-state index is 12.1. The maximum atomic E-state index is 12.1. The first-order chi connectivity index (χ1) is 8.81. The van der Waals surface area contributed by atoms with Crippen LogP contribution in [0.15, 0.2) is 23.1 Å². The number of carboxylic acid groups (broad SMARTS) is 1. The second-order valence-electron chi connectivity index (χ2n) is 3.68. The summed E-state index contributed by atoms with van der Waals surface area (Å²) in [5.41, 5.74) is -0.158. The van der Waals surface area contributed by atoms with Gasteiger partial charge in [0.15, 0.2) is 0 Å². The normalized spacial score (nSPS) is 12.5. The third-order valence-electron chi connectivity index (χ3n) is 2.28. The number of rotatable bonds is 5. The van der Waals surface area contributed by atoms with Gasteiger partial charge in [-0.05, 0) is 25.1 Å². The van der Waals surface area contributed by atoms with Gasteiger partial charge in [0, 0.05) is 0 Å². The van der Waals surface area contributed by atoms with Crippen molar-refractivity contribution < 1.29 is 23.1 Å². The van der Waals surface area contributed by atoms with E-state index in [1.165, 1.54) is 26.2 Å². The number of benzene rings is 1. The Hall–Kier alpha value is -2.04. The van der Waals surface area contributed by atoms with E-state index in [0.29, 0.717) is 0 Å². The fourth-order valence-electron chi connectivity index (χ4n) is 1.35. The predicted molar refractivity (Wildman–Crippen MR) is 68.6 cm³/mol. The first-order valence-electron chi connectivity index (χ1n) is 5.21. The number of carbonyl (C=O) groups is 1. The molecule has 0 fully saturated rings. The molecule has 0 aliphatic rings. The fraction of sp³-hybridized carbons (Fsp3) is 0.250. The molecular weight excluding hydrogens is 270 g/mol. The Balaban J connectivity index is 3.35. The summed E-state index contributed by atoms with van der Waals surface area (Å²) in [6.45, 7) is 1.49. The lowest BCUT2D eigenvalue weighted by Gasteiger charge is -2.12. The minimum Gasteiger partial charge on any atom is -0.495 e. The summed E-state index contributed by atoms with van der Waals surface area (Å²) in [4.78, 5) is 10.6. The monoisotopic (exact) mass is 283 g/mol. The SMILES string of the molecule is C#CC(C)NS(=O)(=O)c1cc(C(=O)O)ccc1OC. The summed E-state index contributed by atoms with van der Waals surface area (Å²) < 4.78 is 31.3. The standard InChI is InChI=1S/C12H13NO5S/c1-4-8(2)13-19(16,17)11-7-9(12(14)15)5-6-10(11)18-3/h1,5-8,13H,2-3H3,(H,14,15). The molecule has 6 nitrogen and oxygen atoms in total. The highest BCUT2D eigenvalue weighted by atomic mass is 32.2. The molecule has 0 spiro atoms. The summed E-state index contributed by atoms with van der Waals surface area (Å²) in [5, 5.41) is 8.88. The van der Waals surface area contributed by atoms with Gasteiger partial charge in [-0.25, -0.2) is 13.2 Å². The number of nitrogens with one attached hydrogen (secondary N) is 1. The second kappa shape index (κ2) is 5.73. The van der Waals surface area contributed by atoms with E-state index in [-0.39, 0.29) is 16.2 Å². The van der Waals surface area contributed by atoms with E-state index in [9.17, 15) is 13.2 Å². The zero-order chi connectivity index (χ0) is 14.6. The zero-order valence-corrected chi connectivity index (χ0v) is 11.2. The minimum atomic E-state index is -3.95. The number of methoxy groups -OCH3 is 1. The molecule has 102 valence electrons. The Labute approximate surface area is 111 Å². The number of ether oxygens (including phenoxy) is 1. The Morgan fingerprint density at radius 1 is 1.53 bits per heavy atom. The third kappa shape index (κ3) is 3.47. The number of terminal acetylenes is 1. The van der Waals surface area contributed by atoms with E-state index in [4.69, 9.17) is 16.3 Å². The van der Waals surface area contributed by atoms with Crippen LogP contribution in [-0.2, 0) is 10.0 Å². The van der Waals surface area contributed by atoms with Crippen molar-refractivity contribution in [2.24, 2.45) is 0 Å². The van der Waals surface area contributed by atoms with Gasteiger partial charge in [0.25, 0.3) is 0 Å². The lowest BCUT2D eigenvalue weighted by Crippen LogP contribution is -2.31. The quantitative estimate of drug-likeness (QED) is 0.776. The van der Waals surface area contributed by atoms with Crippen LogP contribution in [0.25, 0.3) is 0 Å². The first-order valence-corrected chi connectivity index (χ1v) is 6.70. The fourth-order valence-corrected chi connectivity index (χ4v) is 2.71. The van der Waals surface area contributed by atoms with Gasteiger partial charge >= 0.3 is 5.97 Å². The second-order valence-corrected chi connectivity index (χ2v) is 5.36. The number of carboxylic acids is 1. The van der Waals surface area contributed by atoms with Gasteiger partial charge in [-0.3, -0.25) is 0 Å². The van der Waals surface area contributed by atoms with Crippen LogP contribution in [-0.4, -0.2) is 32.6 Å². The van der Waals surface area contributed by atoms with Gasteiger partial charge in [0.2, 0.25) is 10.0 Å². The minimum absolute atomic E-state index is 0.0433. The molecule has 1 aromatic rings. The molecular formula is C12H13NO5S. The largest absolute Gasteiger partial charge is 0.495 e. The van der Waals surface area contributed by atoms with Crippen molar-refractivity contribution in [3.05, 3.63) is 23.8 Å². The van der Waals surface area contributed by atoms with E-state index in [1.807, 2.05) is 0 Å².